The van der Waals surface area contributed by atoms with Crippen LogP contribution >= 0.6 is 0 Å². The predicted molar refractivity (Wildman–Crippen MR) is 61.6 cm³/mol. The summed E-state index contributed by atoms with van der Waals surface area (Å²) in [5, 5.41) is 3.21. The molecule has 6 heteroatoms. The molecule has 16 heavy (non-hydrogen) atoms. The van der Waals surface area contributed by atoms with E-state index in [1.807, 2.05) is 20.8 Å². The Morgan fingerprint density at radius 1 is 1.44 bits per heavy atom. The molecule has 1 aromatic heterocycles. The van der Waals surface area contributed by atoms with Crippen LogP contribution in [0.4, 0.5) is 0 Å². The summed E-state index contributed by atoms with van der Waals surface area (Å²) in [5.74, 6) is 0.789. The van der Waals surface area contributed by atoms with Gasteiger partial charge in [-0.25, -0.2) is 13.4 Å². The van der Waals surface area contributed by atoms with Gasteiger partial charge < -0.3 is 9.73 Å². The van der Waals surface area contributed by atoms with E-state index in [2.05, 4.69) is 10.3 Å². The van der Waals surface area contributed by atoms with Crippen molar-refractivity contribution in [1.29, 1.82) is 0 Å². The van der Waals surface area contributed by atoms with Crippen molar-refractivity contribution in [2.45, 2.75) is 38.6 Å². The molecule has 0 unspecified atom stereocenters. The van der Waals surface area contributed by atoms with Crippen LogP contribution in [0.3, 0.4) is 0 Å². The Bertz CT molecular complexity index is 443. The van der Waals surface area contributed by atoms with Crippen molar-refractivity contribution < 1.29 is 12.8 Å². The maximum absolute atomic E-state index is 11.0. The first-order chi connectivity index (χ1) is 7.16. The van der Waals surface area contributed by atoms with Gasteiger partial charge in [-0.1, -0.05) is 0 Å². The molecular formula is C10H18N2O3S. The van der Waals surface area contributed by atoms with Crippen molar-refractivity contribution in [3.05, 3.63) is 17.8 Å². The van der Waals surface area contributed by atoms with Crippen LogP contribution in [0.15, 0.2) is 10.6 Å². The number of hydrogen-bond acceptors (Lipinski definition) is 5. The minimum Gasteiger partial charge on any atom is -0.443 e. The first-order valence-electron chi connectivity index (χ1n) is 5.02. The molecule has 0 aliphatic carbocycles. The first kappa shape index (κ1) is 13.2. The molecule has 0 saturated carbocycles. The minimum absolute atomic E-state index is 0.0224. The van der Waals surface area contributed by atoms with Crippen LogP contribution in [0.25, 0.3) is 0 Å². The van der Waals surface area contributed by atoms with Crippen LogP contribution in [0.5, 0.6) is 0 Å². The van der Waals surface area contributed by atoms with Gasteiger partial charge in [0.1, 0.15) is 11.5 Å². The second-order valence-electron chi connectivity index (χ2n) is 4.89. The molecule has 92 valence electrons. The number of nitrogens with one attached hydrogen (secondary N) is 1. The third-order valence-corrected chi connectivity index (χ3v) is 2.58. The van der Waals surface area contributed by atoms with Gasteiger partial charge in [-0.3, -0.25) is 0 Å². The molecule has 0 aliphatic rings. The predicted octanol–water partition coefficient (Wildman–Crippen LogP) is 1.11. The molecule has 0 bridgehead atoms. The summed E-state index contributed by atoms with van der Waals surface area (Å²) in [6, 6.07) is 0. The van der Waals surface area contributed by atoms with Gasteiger partial charge in [-0.2, -0.15) is 0 Å². The molecule has 1 heterocycles. The molecule has 0 amide bonds. The second kappa shape index (κ2) is 4.55. The largest absolute Gasteiger partial charge is 0.443 e. The van der Waals surface area contributed by atoms with E-state index in [0.717, 1.165) is 0 Å². The number of sulfone groups is 1. The fraction of sp³-hybridized carbons (Fsp3) is 0.700. The van der Waals surface area contributed by atoms with E-state index < -0.39 is 9.84 Å². The number of hydrogen-bond donors (Lipinski definition) is 1. The van der Waals surface area contributed by atoms with Crippen molar-refractivity contribution >= 4 is 9.84 Å². The maximum atomic E-state index is 11.0. The highest BCUT2D eigenvalue weighted by atomic mass is 32.2. The molecule has 5 nitrogen and oxygen atoms in total. The minimum atomic E-state index is -3.06. The molecule has 1 rings (SSSR count). The first-order valence-corrected chi connectivity index (χ1v) is 7.08. The average Bonchev–Trinajstić information content (AvgIpc) is 2.44. The number of oxazole rings is 1. The van der Waals surface area contributed by atoms with E-state index in [1.54, 1.807) is 0 Å². The Hall–Kier alpha value is -0.880. The second-order valence-corrected chi connectivity index (χ2v) is 7.03. The standard InChI is InChI=1S/C10H18N2O3S/c1-10(2,3)12-6-9-11-5-8(15-9)7-16(4,13)14/h5,12H,6-7H2,1-4H3. The average molecular weight is 246 g/mol. The van der Waals surface area contributed by atoms with Crippen molar-refractivity contribution in [1.82, 2.24) is 10.3 Å². The van der Waals surface area contributed by atoms with Crippen molar-refractivity contribution in [3.8, 4) is 0 Å². The van der Waals surface area contributed by atoms with E-state index in [1.165, 1.54) is 12.5 Å². The zero-order valence-corrected chi connectivity index (χ0v) is 10.9. The molecule has 1 N–H and O–H groups in total. The van der Waals surface area contributed by atoms with E-state index in [0.29, 0.717) is 18.2 Å². The zero-order chi connectivity index (χ0) is 12.4. The summed E-state index contributed by atoms with van der Waals surface area (Å²) in [6.45, 7) is 6.60. The molecule has 0 spiro atoms. The smallest absolute Gasteiger partial charge is 0.208 e. The Balaban J connectivity index is 2.59. The molecular weight excluding hydrogens is 228 g/mol. The zero-order valence-electron chi connectivity index (χ0n) is 10.1. The SMILES string of the molecule is CC(C)(C)NCc1ncc(CS(C)(=O)=O)o1. The third-order valence-electron chi connectivity index (χ3n) is 1.78. The molecule has 0 atom stereocenters. The monoisotopic (exact) mass is 246 g/mol. The third kappa shape index (κ3) is 5.27. The fourth-order valence-corrected chi connectivity index (χ4v) is 1.75. The van der Waals surface area contributed by atoms with E-state index in [4.69, 9.17) is 4.42 Å². The Kier molecular flexibility index (Phi) is 3.75. The maximum Gasteiger partial charge on any atom is 0.208 e. The summed E-state index contributed by atoms with van der Waals surface area (Å²) in [4.78, 5) is 4.01. The summed E-state index contributed by atoms with van der Waals surface area (Å²) in [7, 11) is -3.06. The van der Waals surface area contributed by atoms with Crippen LogP contribution in [-0.2, 0) is 22.1 Å². The normalized spacial score (nSPS) is 13.0. The summed E-state index contributed by atoms with van der Waals surface area (Å²) < 4.78 is 27.3. The highest BCUT2D eigenvalue weighted by Gasteiger charge is 2.13. The van der Waals surface area contributed by atoms with Crippen LogP contribution in [0.1, 0.15) is 32.4 Å². The van der Waals surface area contributed by atoms with Crippen molar-refractivity contribution in [3.63, 3.8) is 0 Å². The molecule has 0 saturated heterocycles. The van der Waals surface area contributed by atoms with Gasteiger partial charge in [0.25, 0.3) is 0 Å². The highest BCUT2D eigenvalue weighted by molar-refractivity contribution is 7.89. The van der Waals surface area contributed by atoms with Gasteiger partial charge in [0.05, 0.1) is 12.7 Å². The topological polar surface area (TPSA) is 72.2 Å². The van der Waals surface area contributed by atoms with Gasteiger partial charge in [-0.15, -0.1) is 0 Å². The molecule has 0 fully saturated rings. The fourth-order valence-electron chi connectivity index (χ4n) is 1.10. The Labute approximate surface area is 96.2 Å². The Morgan fingerprint density at radius 3 is 2.56 bits per heavy atom. The van der Waals surface area contributed by atoms with Crippen molar-refractivity contribution in [2.24, 2.45) is 0 Å². The molecule has 0 aliphatic heterocycles. The quantitative estimate of drug-likeness (QED) is 0.861. The lowest BCUT2D eigenvalue weighted by atomic mass is 10.1. The summed E-state index contributed by atoms with van der Waals surface area (Å²) in [5.41, 5.74) is -0.0224. The highest BCUT2D eigenvalue weighted by Crippen LogP contribution is 2.08. The lowest BCUT2D eigenvalue weighted by Crippen LogP contribution is -2.35. The van der Waals surface area contributed by atoms with E-state index >= 15 is 0 Å². The van der Waals surface area contributed by atoms with Gasteiger partial charge in [-0.05, 0) is 20.8 Å². The molecule has 0 aromatic carbocycles. The van der Waals surface area contributed by atoms with E-state index in [9.17, 15) is 8.42 Å². The Morgan fingerprint density at radius 2 is 2.06 bits per heavy atom. The van der Waals surface area contributed by atoms with Gasteiger partial charge >= 0.3 is 0 Å². The van der Waals surface area contributed by atoms with E-state index in [-0.39, 0.29) is 11.3 Å². The number of rotatable bonds is 4. The van der Waals surface area contributed by atoms with Crippen LogP contribution in [-0.4, -0.2) is 25.2 Å². The van der Waals surface area contributed by atoms with Crippen LogP contribution in [0, 0.1) is 0 Å². The molecule has 1 aromatic rings. The van der Waals surface area contributed by atoms with Gasteiger partial charge in [0.15, 0.2) is 9.84 Å². The number of aromatic nitrogens is 1. The lowest BCUT2D eigenvalue weighted by Gasteiger charge is -2.18. The van der Waals surface area contributed by atoms with Gasteiger partial charge in [0.2, 0.25) is 5.89 Å². The summed E-state index contributed by atoms with van der Waals surface area (Å²) in [6.07, 6.45) is 2.63. The van der Waals surface area contributed by atoms with Gasteiger partial charge in [0, 0.05) is 11.8 Å². The molecule has 0 radical (unpaired) electrons. The van der Waals surface area contributed by atoms with Crippen molar-refractivity contribution in [2.75, 3.05) is 6.26 Å². The van der Waals surface area contributed by atoms with Crippen LogP contribution in [0.2, 0.25) is 0 Å². The lowest BCUT2D eigenvalue weighted by molar-refractivity contribution is 0.374. The number of nitrogens with zero attached hydrogens (tertiary/aromatic N) is 1. The van der Waals surface area contributed by atoms with Crippen LogP contribution < -0.4 is 5.32 Å². The summed E-state index contributed by atoms with van der Waals surface area (Å²) >= 11 is 0.